The van der Waals surface area contributed by atoms with Gasteiger partial charge in [-0.25, -0.2) is 27.1 Å². The molecular formula is C27H28ClF2N3O8S. The lowest BCUT2D eigenvalue weighted by atomic mass is 10.0. The summed E-state index contributed by atoms with van der Waals surface area (Å²) in [6, 6.07) is 6.67. The molecule has 15 heteroatoms. The van der Waals surface area contributed by atoms with Crippen molar-refractivity contribution in [3.8, 4) is 0 Å². The second-order valence-corrected chi connectivity index (χ2v) is 11.1. The van der Waals surface area contributed by atoms with Gasteiger partial charge in [-0.15, -0.1) is 0 Å². The minimum atomic E-state index is -4.27. The number of ether oxygens (including phenoxy) is 2. The van der Waals surface area contributed by atoms with Gasteiger partial charge in [-0.1, -0.05) is 11.6 Å². The Morgan fingerprint density at radius 2 is 1.76 bits per heavy atom. The Bertz CT molecular complexity index is 1530. The SMILES string of the molecule is C[C@H](COC(=O)CCOC(=O)c1cc(S(N)(=O)=O)c(Cl)cc1NCc1ccco1)N[C@H](C)C(=O)c1cc(F)cc(F)c1. The third-order valence-electron chi connectivity index (χ3n) is 5.74. The van der Waals surface area contributed by atoms with Crippen LogP contribution in [0.5, 0.6) is 0 Å². The average Bonchev–Trinajstić information content (AvgIpc) is 3.42. The number of rotatable bonds is 14. The number of anilines is 1. The Balaban J connectivity index is 1.52. The van der Waals surface area contributed by atoms with Crippen LogP contribution in [0.3, 0.4) is 0 Å². The van der Waals surface area contributed by atoms with Crippen molar-refractivity contribution < 1.29 is 45.5 Å². The van der Waals surface area contributed by atoms with Crippen LogP contribution in [0.4, 0.5) is 14.5 Å². The van der Waals surface area contributed by atoms with Crippen molar-refractivity contribution in [2.24, 2.45) is 5.14 Å². The minimum Gasteiger partial charge on any atom is -0.467 e. The number of esters is 2. The van der Waals surface area contributed by atoms with E-state index in [1.807, 2.05) is 0 Å². The molecule has 0 bridgehead atoms. The molecule has 42 heavy (non-hydrogen) atoms. The molecule has 226 valence electrons. The quantitative estimate of drug-likeness (QED) is 0.177. The van der Waals surface area contributed by atoms with E-state index in [9.17, 15) is 31.6 Å². The van der Waals surface area contributed by atoms with Crippen molar-refractivity contribution in [2.45, 2.75) is 43.8 Å². The third kappa shape index (κ3) is 9.34. The molecule has 0 radical (unpaired) electrons. The van der Waals surface area contributed by atoms with E-state index in [0.717, 1.165) is 18.2 Å². The molecule has 0 amide bonds. The number of hydrogen-bond donors (Lipinski definition) is 3. The molecule has 0 saturated heterocycles. The summed E-state index contributed by atoms with van der Waals surface area (Å²) >= 11 is 6.06. The Hall–Kier alpha value is -3.85. The number of halogens is 3. The molecule has 1 aromatic heterocycles. The number of carbonyl (C=O) groups excluding carboxylic acids is 3. The van der Waals surface area contributed by atoms with Gasteiger partial charge < -0.3 is 24.5 Å². The Morgan fingerprint density at radius 3 is 2.38 bits per heavy atom. The van der Waals surface area contributed by atoms with Gasteiger partial charge in [-0.2, -0.15) is 0 Å². The maximum atomic E-state index is 13.4. The summed E-state index contributed by atoms with van der Waals surface area (Å²) in [4.78, 5) is 37.0. The van der Waals surface area contributed by atoms with Crippen molar-refractivity contribution in [1.82, 2.24) is 5.32 Å². The summed E-state index contributed by atoms with van der Waals surface area (Å²) in [5, 5.41) is 10.8. The molecule has 1 heterocycles. The lowest BCUT2D eigenvalue weighted by Crippen LogP contribution is -2.42. The first-order valence-corrected chi connectivity index (χ1v) is 14.4. The lowest BCUT2D eigenvalue weighted by molar-refractivity contribution is -0.145. The van der Waals surface area contributed by atoms with E-state index >= 15 is 0 Å². The van der Waals surface area contributed by atoms with Crippen molar-refractivity contribution in [2.75, 3.05) is 18.5 Å². The number of nitrogens with two attached hydrogens (primary N) is 1. The zero-order valence-electron chi connectivity index (χ0n) is 22.5. The van der Waals surface area contributed by atoms with Gasteiger partial charge >= 0.3 is 11.9 Å². The zero-order valence-corrected chi connectivity index (χ0v) is 24.1. The van der Waals surface area contributed by atoms with Crippen molar-refractivity contribution in [3.63, 3.8) is 0 Å². The highest BCUT2D eigenvalue weighted by Gasteiger charge is 2.23. The van der Waals surface area contributed by atoms with Crippen LogP contribution in [0.2, 0.25) is 5.02 Å². The maximum Gasteiger partial charge on any atom is 0.340 e. The van der Waals surface area contributed by atoms with Gasteiger partial charge in [0.15, 0.2) is 5.78 Å². The Morgan fingerprint density at radius 1 is 1.07 bits per heavy atom. The molecule has 3 aromatic rings. The molecule has 3 rings (SSSR count). The van der Waals surface area contributed by atoms with E-state index in [1.165, 1.54) is 19.3 Å². The number of primary sulfonamides is 1. The van der Waals surface area contributed by atoms with Gasteiger partial charge in [-0.05, 0) is 50.2 Å². The highest BCUT2D eigenvalue weighted by atomic mass is 35.5. The summed E-state index contributed by atoms with van der Waals surface area (Å²) in [7, 11) is -4.27. The first-order valence-electron chi connectivity index (χ1n) is 12.5. The monoisotopic (exact) mass is 627 g/mol. The molecule has 0 unspecified atom stereocenters. The van der Waals surface area contributed by atoms with Gasteiger partial charge in [0, 0.05) is 17.7 Å². The molecule has 0 aliphatic heterocycles. The van der Waals surface area contributed by atoms with E-state index in [1.54, 1.807) is 19.1 Å². The van der Waals surface area contributed by atoms with Crippen molar-refractivity contribution >= 4 is 45.0 Å². The van der Waals surface area contributed by atoms with Crippen LogP contribution >= 0.6 is 11.6 Å². The molecule has 11 nitrogen and oxygen atoms in total. The number of benzene rings is 2. The molecule has 0 saturated carbocycles. The number of Topliss-reactive ketones (excluding diaryl/α,β-unsaturated/α-hetero) is 1. The predicted octanol–water partition coefficient (Wildman–Crippen LogP) is 3.81. The highest BCUT2D eigenvalue weighted by Crippen LogP contribution is 2.29. The number of hydrogen-bond acceptors (Lipinski definition) is 10. The van der Waals surface area contributed by atoms with Gasteiger partial charge in [0.2, 0.25) is 10.0 Å². The van der Waals surface area contributed by atoms with E-state index < -0.39 is 63.0 Å². The van der Waals surface area contributed by atoms with Crippen LogP contribution in [0.25, 0.3) is 0 Å². The smallest absolute Gasteiger partial charge is 0.340 e. The van der Waals surface area contributed by atoms with E-state index in [-0.39, 0.29) is 41.4 Å². The zero-order chi connectivity index (χ0) is 31.0. The van der Waals surface area contributed by atoms with Crippen molar-refractivity contribution in [1.29, 1.82) is 0 Å². The number of furan rings is 1. The van der Waals surface area contributed by atoms with E-state index in [2.05, 4.69) is 10.6 Å². The van der Waals surface area contributed by atoms with E-state index in [4.69, 9.17) is 30.6 Å². The number of sulfonamides is 1. The van der Waals surface area contributed by atoms with Crippen LogP contribution in [-0.2, 0) is 30.8 Å². The van der Waals surface area contributed by atoms with Crippen LogP contribution in [0.1, 0.15) is 46.7 Å². The highest BCUT2D eigenvalue weighted by molar-refractivity contribution is 7.89. The lowest BCUT2D eigenvalue weighted by Gasteiger charge is -2.19. The Labute approximate surface area is 245 Å². The molecule has 2 atom stereocenters. The second kappa shape index (κ2) is 14.4. The molecule has 0 fully saturated rings. The van der Waals surface area contributed by atoms with Crippen LogP contribution in [-0.4, -0.2) is 51.4 Å². The minimum absolute atomic E-state index is 0.139. The summed E-state index contributed by atoms with van der Waals surface area (Å²) in [6.45, 7) is 2.71. The maximum absolute atomic E-state index is 13.4. The van der Waals surface area contributed by atoms with Crippen LogP contribution < -0.4 is 15.8 Å². The number of carbonyl (C=O) groups is 3. The predicted molar refractivity (Wildman–Crippen MR) is 147 cm³/mol. The standard InChI is InChI=1S/C27H28ClF2N3O8S/c1-15(33-16(2)26(35)17-8-18(29)10-19(30)9-17)14-41-25(34)5-7-40-27(36)21-11-24(42(31,37)38)22(28)12-23(21)32-13-20-4-3-6-39-20/h3-4,6,8-12,15-16,32-33H,5,7,13-14H2,1-2H3,(H2,31,37,38)/t15-,16-/m1/s1. The van der Waals surface area contributed by atoms with Crippen molar-refractivity contribution in [3.05, 3.63) is 82.3 Å². The van der Waals surface area contributed by atoms with Crippen LogP contribution in [0, 0.1) is 11.6 Å². The summed E-state index contributed by atoms with van der Waals surface area (Å²) in [6.07, 6.45) is 1.12. The Kier molecular flexibility index (Phi) is 11.2. The third-order valence-corrected chi connectivity index (χ3v) is 7.12. The average molecular weight is 628 g/mol. The molecule has 0 aliphatic rings. The summed E-state index contributed by atoms with van der Waals surface area (Å²) in [5.74, 6) is -3.47. The second-order valence-electron chi connectivity index (χ2n) is 9.19. The molecule has 4 N–H and O–H groups in total. The molecular weight excluding hydrogens is 600 g/mol. The number of nitrogens with one attached hydrogen (secondary N) is 2. The van der Waals surface area contributed by atoms with Crippen LogP contribution in [0.15, 0.2) is 58.0 Å². The first-order chi connectivity index (χ1) is 19.7. The van der Waals surface area contributed by atoms with Gasteiger partial charge in [0.1, 0.15) is 35.5 Å². The molecule has 0 spiro atoms. The fraction of sp³-hybridized carbons (Fsp3) is 0.296. The number of ketones is 1. The molecule has 2 aromatic carbocycles. The largest absolute Gasteiger partial charge is 0.467 e. The summed E-state index contributed by atoms with van der Waals surface area (Å²) < 4.78 is 66.2. The summed E-state index contributed by atoms with van der Waals surface area (Å²) in [5.41, 5.74) is -0.200. The fourth-order valence-electron chi connectivity index (χ4n) is 3.77. The fourth-order valence-corrected chi connectivity index (χ4v) is 4.87. The topological polar surface area (TPSA) is 167 Å². The first kappa shape index (κ1) is 32.7. The normalized spacial score (nSPS) is 12.8. The molecule has 0 aliphatic carbocycles. The van der Waals surface area contributed by atoms with E-state index in [0.29, 0.717) is 11.8 Å². The van der Waals surface area contributed by atoms with Gasteiger partial charge in [0.05, 0.1) is 41.5 Å². The van der Waals surface area contributed by atoms with Gasteiger partial charge in [-0.3, -0.25) is 9.59 Å². The van der Waals surface area contributed by atoms with Gasteiger partial charge in [0.25, 0.3) is 0 Å².